The lowest BCUT2D eigenvalue weighted by Crippen LogP contribution is -2.41. The molecule has 0 saturated carbocycles. The Bertz CT molecular complexity index is 377. The largest absolute Gasteiger partial charge is 0.354 e. The quantitative estimate of drug-likeness (QED) is 0.662. The molecule has 4 heteroatoms. The van der Waals surface area contributed by atoms with Crippen LogP contribution < -0.4 is 10.6 Å². The van der Waals surface area contributed by atoms with Gasteiger partial charge in [0.15, 0.2) is 5.96 Å². The van der Waals surface area contributed by atoms with E-state index < -0.39 is 0 Å². The van der Waals surface area contributed by atoms with E-state index in [1.165, 1.54) is 5.56 Å². The van der Waals surface area contributed by atoms with Gasteiger partial charge in [-0.05, 0) is 31.0 Å². The van der Waals surface area contributed by atoms with Crippen LogP contribution in [0.4, 0.5) is 0 Å². The molecular weight excluding hydrogens is 278 g/mol. The molecule has 0 aliphatic rings. The van der Waals surface area contributed by atoms with E-state index in [9.17, 15) is 0 Å². The maximum absolute atomic E-state index is 4.20. The van der Waals surface area contributed by atoms with Crippen molar-refractivity contribution in [1.82, 2.24) is 10.6 Å². The van der Waals surface area contributed by atoms with Gasteiger partial charge in [-0.25, -0.2) is 0 Å². The maximum atomic E-state index is 4.20. The van der Waals surface area contributed by atoms with E-state index in [1.54, 1.807) is 7.05 Å². The molecule has 1 atom stereocenters. The zero-order valence-corrected chi connectivity index (χ0v) is 12.2. The number of guanidine groups is 1. The monoisotopic (exact) mass is 297 g/mol. The van der Waals surface area contributed by atoms with Gasteiger partial charge < -0.3 is 10.6 Å². The fraction of sp³-hybridized carbons (Fsp3) is 0.462. The van der Waals surface area contributed by atoms with Crippen LogP contribution in [0.3, 0.4) is 0 Å². The molecule has 0 aliphatic heterocycles. The first kappa shape index (κ1) is 14.0. The van der Waals surface area contributed by atoms with Crippen LogP contribution in [0.5, 0.6) is 0 Å². The van der Waals surface area contributed by atoms with E-state index in [2.05, 4.69) is 57.5 Å². The molecule has 0 aromatic heterocycles. The van der Waals surface area contributed by atoms with E-state index in [1.807, 2.05) is 12.1 Å². The number of halogens is 1. The molecule has 94 valence electrons. The summed E-state index contributed by atoms with van der Waals surface area (Å²) in [5.41, 5.74) is 1.23. The SMILES string of the molecule is CCC(C)NC(=NC)NCc1cccc(Br)c1. The molecule has 0 aliphatic carbocycles. The van der Waals surface area contributed by atoms with Gasteiger partial charge in [0.1, 0.15) is 0 Å². The number of benzene rings is 1. The van der Waals surface area contributed by atoms with Gasteiger partial charge in [-0.1, -0.05) is 35.0 Å². The van der Waals surface area contributed by atoms with Crippen molar-refractivity contribution in [3.63, 3.8) is 0 Å². The predicted molar refractivity (Wildman–Crippen MR) is 77.2 cm³/mol. The lowest BCUT2D eigenvalue weighted by atomic mass is 10.2. The molecule has 0 amide bonds. The molecule has 3 nitrogen and oxygen atoms in total. The third kappa shape index (κ3) is 5.22. The number of hydrogen-bond donors (Lipinski definition) is 2. The van der Waals surface area contributed by atoms with Crippen LogP contribution in [0.25, 0.3) is 0 Å². The summed E-state index contributed by atoms with van der Waals surface area (Å²) in [6.45, 7) is 5.07. The van der Waals surface area contributed by atoms with Crippen molar-refractivity contribution in [2.75, 3.05) is 7.05 Å². The highest BCUT2D eigenvalue weighted by molar-refractivity contribution is 9.10. The second-order valence-electron chi connectivity index (χ2n) is 4.01. The van der Waals surface area contributed by atoms with Crippen molar-refractivity contribution in [2.45, 2.75) is 32.9 Å². The van der Waals surface area contributed by atoms with E-state index in [0.29, 0.717) is 6.04 Å². The Labute approximate surface area is 112 Å². The number of rotatable bonds is 4. The van der Waals surface area contributed by atoms with Crippen molar-refractivity contribution in [1.29, 1.82) is 0 Å². The molecule has 1 aromatic rings. The van der Waals surface area contributed by atoms with E-state index >= 15 is 0 Å². The molecule has 0 fully saturated rings. The van der Waals surface area contributed by atoms with Gasteiger partial charge in [0.25, 0.3) is 0 Å². The molecule has 0 spiro atoms. The van der Waals surface area contributed by atoms with Gasteiger partial charge in [-0.15, -0.1) is 0 Å². The number of aliphatic imine (C=N–C) groups is 1. The zero-order chi connectivity index (χ0) is 12.7. The molecule has 17 heavy (non-hydrogen) atoms. The molecule has 0 radical (unpaired) electrons. The molecule has 2 N–H and O–H groups in total. The highest BCUT2D eigenvalue weighted by atomic mass is 79.9. The summed E-state index contributed by atoms with van der Waals surface area (Å²) in [5.74, 6) is 0.847. The first-order valence-electron chi connectivity index (χ1n) is 5.87. The minimum atomic E-state index is 0.434. The lowest BCUT2D eigenvalue weighted by Gasteiger charge is -2.16. The summed E-state index contributed by atoms with van der Waals surface area (Å²) >= 11 is 3.46. The van der Waals surface area contributed by atoms with E-state index in [0.717, 1.165) is 23.4 Å². The zero-order valence-electron chi connectivity index (χ0n) is 10.6. The van der Waals surface area contributed by atoms with Gasteiger partial charge in [0.2, 0.25) is 0 Å². The van der Waals surface area contributed by atoms with Gasteiger partial charge in [0, 0.05) is 24.1 Å². The molecule has 1 rings (SSSR count). The Morgan fingerprint density at radius 1 is 1.47 bits per heavy atom. The van der Waals surface area contributed by atoms with Crippen molar-refractivity contribution in [3.05, 3.63) is 34.3 Å². The Kier molecular flexibility index (Phi) is 6.05. The Morgan fingerprint density at radius 3 is 2.82 bits per heavy atom. The van der Waals surface area contributed by atoms with Crippen molar-refractivity contribution < 1.29 is 0 Å². The van der Waals surface area contributed by atoms with Crippen molar-refractivity contribution in [2.24, 2.45) is 4.99 Å². The Balaban J connectivity index is 2.48. The molecule has 0 heterocycles. The number of hydrogen-bond acceptors (Lipinski definition) is 1. The summed E-state index contributed by atoms with van der Waals surface area (Å²) in [7, 11) is 1.79. The first-order chi connectivity index (χ1) is 8.15. The van der Waals surface area contributed by atoms with Crippen LogP contribution in [-0.4, -0.2) is 19.0 Å². The van der Waals surface area contributed by atoms with E-state index in [-0.39, 0.29) is 0 Å². The van der Waals surface area contributed by atoms with Crippen LogP contribution in [0.15, 0.2) is 33.7 Å². The fourth-order valence-electron chi connectivity index (χ4n) is 1.36. The second kappa shape index (κ2) is 7.33. The minimum absolute atomic E-state index is 0.434. The minimum Gasteiger partial charge on any atom is -0.354 e. The highest BCUT2D eigenvalue weighted by Gasteiger charge is 2.02. The van der Waals surface area contributed by atoms with Crippen LogP contribution in [0.1, 0.15) is 25.8 Å². The fourth-order valence-corrected chi connectivity index (χ4v) is 1.81. The first-order valence-corrected chi connectivity index (χ1v) is 6.66. The van der Waals surface area contributed by atoms with Crippen LogP contribution in [0.2, 0.25) is 0 Å². The smallest absolute Gasteiger partial charge is 0.191 e. The summed E-state index contributed by atoms with van der Waals surface area (Å²) < 4.78 is 1.10. The van der Waals surface area contributed by atoms with Crippen LogP contribution in [-0.2, 0) is 6.54 Å². The number of nitrogens with one attached hydrogen (secondary N) is 2. The molecular formula is C13H20BrN3. The molecule has 1 aromatic carbocycles. The van der Waals surface area contributed by atoms with E-state index in [4.69, 9.17) is 0 Å². The Hall–Kier alpha value is -1.03. The number of nitrogens with zero attached hydrogens (tertiary/aromatic N) is 1. The highest BCUT2D eigenvalue weighted by Crippen LogP contribution is 2.11. The van der Waals surface area contributed by atoms with Crippen molar-refractivity contribution >= 4 is 21.9 Å². The average Bonchev–Trinajstić information content (AvgIpc) is 2.34. The standard InChI is InChI=1S/C13H20BrN3/c1-4-10(2)17-13(15-3)16-9-11-6-5-7-12(14)8-11/h5-8,10H,4,9H2,1-3H3,(H2,15,16,17). The van der Waals surface area contributed by atoms with Gasteiger partial charge in [-0.2, -0.15) is 0 Å². The summed E-state index contributed by atoms with van der Waals surface area (Å²) in [4.78, 5) is 4.20. The van der Waals surface area contributed by atoms with Crippen LogP contribution in [0, 0.1) is 0 Å². The average molecular weight is 298 g/mol. The summed E-state index contributed by atoms with van der Waals surface area (Å²) in [5, 5.41) is 6.62. The normalized spacial score (nSPS) is 13.3. The van der Waals surface area contributed by atoms with Gasteiger partial charge in [0.05, 0.1) is 0 Å². The third-order valence-electron chi connectivity index (χ3n) is 2.57. The molecule has 0 saturated heterocycles. The molecule has 1 unspecified atom stereocenters. The predicted octanol–water partition coefficient (Wildman–Crippen LogP) is 2.91. The summed E-state index contributed by atoms with van der Waals surface area (Å²) in [6, 6.07) is 8.68. The topological polar surface area (TPSA) is 36.4 Å². The lowest BCUT2D eigenvalue weighted by molar-refractivity contribution is 0.624. The third-order valence-corrected chi connectivity index (χ3v) is 3.06. The van der Waals surface area contributed by atoms with Gasteiger partial charge >= 0.3 is 0 Å². The maximum Gasteiger partial charge on any atom is 0.191 e. The van der Waals surface area contributed by atoms with Gasteiger partial charge in [-0.3, -0.25) is 4.99 Å². The molecule has 0 bridgehead atoms. The second-order valence-corrected chi connectivity index (χ2v) is 4.92. The van der Waals surface area contributed by atoms with Crippen molar-refractivity contribution in [3.8, 4) is 0 Å². The van der Waals surface area contributed by atoms with Crippen LogP contribution >= 0.6 is 15.9 Å². The Morgan fingerprint density at radius 2 is 2.24 bits per heavy atom. The summed E-state index contributed by atoms with van der Waals surface area (Å²) in [6.07, 6.45) is 1.08.